The van der Waals surface area contributed by atoms with Crippen LogP contribution in [0.1, 0.15) is 79.3 Å². The molecule has 3 aromatic rings. The van der Waals surface area contributed by atoms with E-state index in [0.717, 1.165) is 61.1 Å². The fourth-order valence-electron chi connectivity index (χ4n) is 6.73. The Bertz CT molecular complexity index is 1540. The van der Waals surface area contributed by atoms with Crippen molar-refractivity contribution in [3.05, 3.63) is 93.6 Å². The Kier molecular flexibility index (Phi) is 8.21. The second-order valence-electron chi connectivity index (χ2n) is 12.8. The predicted octanol–water partition coefficient (Wildman–Crippen LogP) is 7.03. The van der Waals surface area contributed by atoms with E-state index < -0.39 is 0 Å². The summed E-state index contributed by atoms with van der Waals surface area (Å²) < 4.78 is 7.77. The number of nitrogens with zero attached hydrogens (tertiary/aromatic N) is 3. The van der Waals surface area contributed by atoms with Crippen molar-refractivity contribution in [1.82, 2.24) is 19.6 Å². The number of piperidine rings is 1. The zero-order valence-corrected chi connectivity index (χ0v) is 26.1. The van der Waals surface area contributed by atoms with E-state index in [1.165, 1.54) is 24.0 Å². The average Bonchev–Trinajstić information content (AvgIpc) is 3.75. The molecule has 222 valence electrons. The van der Waals surface area contributed by atoms with Crippen LogP contribution in [0.15, 0.2) is 60.5 Å². The van der Waals surface area contributed by atoms with E-state index in [4.69, 9.17) is 16.3 Å². The van der Waals surface area contributed by atoms with Crippen LogP contribution < -0.4 is 5.32 Å². The van der Waals surface area contributed by atoms with Gasteiger partial charge in [0.15, 0.2) is 0 Å². The molecule has 42 heavy (non-hydrogen) atoms. The lowest BCUT2D eigenvalue weighted by Gasteiger charge is -2.47. The zero-order valence-electron chi connectivity index (χ0n) is 25.3. The Morgan fingerprint density at radius 1 is 1.24 bits per heavy atom. The number of benzene rings is 1. The van der Waals surface area contributed by atoms with Crippen molar-refractivity contribution in [3.8, 4) is 0 Å². The second kappa shape index (κ2) is 11.9. The van der Waals surface area contributed by atoms with Crippen molar-refractivity contribution in [3.63, 3.8) is 0 Å². The Morgan fingerprint density at radius 2 is 2.07 bits per heavy atom. The van der Waals surface area contributed by atoms with Crippen LogP contribution >= 0.6 is 11.6 Å². The molecule has 7 heteroatoms. The van der Waals surface area contributed by atoms with Crippen LogP contribution in [0.25, 0.3) is 5.65 Å². The smallest absolute Gasteiger partial charge is 0.270 e. The van der Waals surface area contributed by atoms with E-state index >= 15 is 0 Å². The Labute approximate surface area is 254 Å². The summed E-state index contributed by atoms with van der Waals surface area (Å²) in [6.45, 7) is 12.6. The lowest BCUT2D eigenvalue weighted by molar-refractivity contribution is 0.0889. The minimum Gasteiger partial charge on any atom is -0.494 e. The molecule has 1 N–H and O–H groups in total. The van der Waals surface area contributed by atoms with Crippen LogP contribution in [-0.4, -0.2) is 45.9 Å². The number of fused-ring (bicyclic) bond motifs is 1. The van der Waals surface area contributed by atoms with Gasteiger partial charge in [-0.25, -0.2) is 4.98 Å². The zero-order chi connectivity index (χ0) is 29.4. The van der Waals surface area contributed by atoms with Gasteiger partial charge < -0.3 is 10.1 Å². The number of ether oxygens (including phenoxy) is 1. The summed E-state index contributed by atoms with van der Waals surface area (Å²) in [4.78, 5) is 20.6. The third-order valence-electron chi connectivity index (χ3n) is 9.77. The number of aromatic nitrogens is 2. The highest BCUT2D eigenvalue weighted by atomic mass is 35.5. The molecule has 3 aliphatic rings. The summed E-state index contributed by atoms with van der Waals surface area (Å²) in [6.07, 6.45) is 14.0. The molecule has 2 fully saturated rings. The van der Waals surface area contributed by atoms with Crippen LogP contribution in [0.2, 0.25) is 5.02 Å². The number of allylic oxidation sites excluding steroid dienone is 1. The molecule has 3 atom stereocenters. The first-order chi connectivity index (χ1) is 20.2. The minimum absolute atomic E-state index is 0.112. The fraction of sp³-hybridized carbons (Fsp3) is 0.486. The topological polar surface area (TPSA) is 58.9 Å². The van der Waals surface area contributed by atoms with Crippen molar-refractivity contribution in [1.29, 1.82) is 0 Å². The van der Waals surface area contributed by atoms with Crippen molar-refractivity contribution >= 4 is 23.2 Å². The van der Waals surface area contributed by atoms with Gasteiger partial charge in [-0.3, -0.25) is 14.1 Å². The van der Waals surface area contributed by atoms with E-state index in [0.29, 0.717) is 35.6 Å². The highest BCUT2D eigenvalue weighted by molar-refractivity contribution is 6.30. The van der Waals surface area contributed by atoms with E-state index in [2.05, 4.69) is 72.4 Å². The van der Waals surface area contributed by atoms with Gasteiger partial charge in [0.25, 0.3) is 5.91 Å². The van der Waals surface area contributed by atoms with Gasteiger partial charge in [-0.05, 0) is 104 Å². The number of pyridine rings is 1. The van der Waals surface area contributed by atoms with Crippen LogP contribution in [-0.2, 0) is 23.1 Å². The molecule has 0 bridgehead atoms. The molecule has 6 nitrogen and oxygen atoms in total. The van der Waals surface area contributed by atoms with Gasteiger partial charge in [0.2, 0.25) is 0 Å². The maximum Gasteiger partial charge on any atom is 0.270 e. The first kappa shape index (κ1) is 29.0. The largest absolute Gasteiger partial charge is 0.494 e. The third-order valence-corrected chi connectivity index (χ3v) is 10.00. The molecule has 2 aromatic heterocycles. The first-order valence-electron chi connectivity index (χ1n) is 15.5. The summed E-state index contributed by atoms with van der Waals surface area (Å²) >= 11 is 6.22. The summed E-state index contributed by atoms with van der Waals surface area (Å²) in [5, 5.41) is 3.70. The monoisotopic (exact) mass is 586 g/mol. The number of nitrogens with one attached hydrogen (secondary N) is 1. The highest BCUT2D eigenvalue weighted by Crippen LogP contribution is 2.42. The lowest BCUT2D eigenvalue weighted by Crippen LogP contribution is -2.50. The molecular weight excluding hydrogens is 544 g/mol. The molecule has 3 heterocycles. The van der Waals surface area contributed by atoms with E-state index in [1.807, 2.05) is 13.0 Å². The molecular formula is C35H43ClN4O2. The standard InChI is InChI=1S/C35H43ClN4O2/c1-5-31-33(40-21-27(36)9-15-32(40)38-31)34(41)37-19-26-8-14-30(23(2)18-26)35(4)16-17-39(20-24(35)3)28-10-12-29(13-11-28)42-22-25-6-7-25/h8-10,12-15,18,21,24-25,28H,5-7,11,16-17,19-20,22H2,1-4H3,(H,37,41)/t24-,28+,35-/m1/s1. The van der Waals surface area contributed by atoms with Crippen molar-refractivity contribution in [2.24, 2.45) is 11.8 Å². The van der Waals surface area contributed by atoms with Gasteiger partial charge in [0.05, 0.1) is 17.3 Å². The number of aryl methyl sites for hydroxylation is 2. The summed E-state index contributed by atoms with van der Waals surface area (Å²) in [5.74, 6) is 2.22. The molecule has 6 rings (SSSR count). The molecule has 1 aliphatic heterocycles. The number of imidazole rings is 1. The number of hydrogen-bond donors (Lipinski definition) is 1. The minimum atomic E-state index is -0.135. The molecule has 1 saturated carbocycles. The van der Waals surface area contributed by atoms with E-state index in [-0.39, 0.29) is 11.3 Å². The first-order valence-corrected chi connectivity index (χ1v) is 15.9. The Morgan fingerprint density at radius 3 is 2.76 bits per heavy atom. The average molecular weight is 587 g/mol. The molecule has 0 unspecified atom stereocenters. The maximum absolute atomic E-state index is 13.3. The third kappa shape index (κ3) is 5.89. The molecule has 0 spiro atoms. The molecule has 1 amide bonds. The van der Waals surface area contributed by atoms with E-state index in [1.54, 1.807) is 16.7 Å². The number of amides is 1. The van der Waals surface area contributed by atoms with E-state index in [9.17, 15) is 4.79 Å². The van der Waals surface area contributed by atoms with Crippen molar-refractivity contribution in [2.75, 3.05) is 19.7 Å². The van der Waals surface area contributed by atoms with Gasteiger partial charge in [0, 0.05) is 25.3 Å². The summed E-state index contributed by atoms with van der Waals surface area (Å²) in [5.41, 5.74) is 5.98. The van der Waals surface area contributed by atoms with Crippen molar-refractivity contribution < 1.29 is 9.53 Å². The maximum atomic E-state index is 13.3. The number of likely N-dealkylation sites (tertiary alicyclic amines) is 1. The number of hydrogen-bond acceptors (Lipinski definition) is 4. The van der Waals surface area contributed by atoms with Crippen LogP contribution in [0, 0.1) is 18.8 Å². The fourth-order valence-corrected chi connectivity index (χ4v) is 6.89. The van der Waals surface area contributed by atoms with Gasteiger partial charge in [-0.2, -0.15) is 0 Å². The van der Waals surface area contributed by atoms with Gasteiger partial charge in [0.1, 0.15) is 17.1 Å². The quantitative estimate of drug-likeness (QED) is 0.292. The normalized spacial score (nSPS) is 24.5. The number of halogens is 1. The van der Waals surface area contributed by atoms with Crippen molar-refractivity contribution in [2.45, 2.75) is 77.8 Å². The second-order valence-corrected chi connectivity index (χ2v) is 13.2. The van der Waals surface area contributed by atoms with Gasteiger partial charge >= 0.3 is 0 Å². The Balaban J connectivity index is 1.08. The summed E-state index contributed by atoms with van der Waals surface area (Å²) in [7, 11) is 0. The van der Waals surface area contributed by atoms with Crippen LogP contribution in [0.5, 0.6) is 0 Å². The number of carbonyl (C=O) groups excluding carboxylic acids is 1. The van der Waals surface area contributed by atoms with Gasteiger partial charge in [-0.1, -0.05) is 56.6 Å². The highest BCUT2D eigenvalue weighted by Gasteiger charge is 2.40. The molecule has 1 aromatic carbocycles. The predicted molar refractivity (Wildman–Crippen MR) is 169 cm³/mol. The SMILES string of the molecule is CCc1nc2ccc(Cl)cn2c1C(=O)NCc1ccc([C@]2(C)CCN([C@H]3C=CC(OCC4CC4)=CC3)C[C@H]2C)c(C)c1. The van der Waals surface area contributed by atoms with Gasteiger partial charge in [-0.15, -0.1) is 0 Å². The lowest BCUT2D eigenvalue weighted by atomic mass is 9.66. The molecule has 0 radical (unpaired) electrons. The number of rotatable bonds is 9. The molecule has 2 aliphatic carbocycles. The molecule has 1 saturated heterocycles. The van der Waals surface area contributed by atoms with Crippen LogP contribution in [0.3, 0.4) is 0 Å². The summed E-state index contributed by atoms with van der Waals surface area (Å²) in [6, 6.07) is 10.8. The number of carbonyl (C=O) groups is 1. The Hall–Kier alpha value is -3.09. The van der Waals surface area contributed by atoms with Crippen LogP contribution in [0.4, 0.5) is 0 Å².